The number of likely N-dealkylation sites (tertiary alicyclic amines) is 1. The summed E-state index contributed by atoms with van der Waals surface area (Å²) in [5.41, 5.74) is -0.767. The third kappa shape index (κ3) is 42.4. The van der Waals surface area contributed by atoms with E-state index in [4.69, 9.17) is 10.2 Å². The highest BCUT2D eigenvalue weighted by atomic mass is 16.4. The van der Waals surface area contributed by atoms with Crippen molar-refractivity contribution >= 4 is 82.2 Å². The molecule has 1 fully saturated rings. The monoisotopic (exact) mass is 1400 g/mol. The molecule has 7 atom stereocenters. The molecule has 0 saturated carbocycles. The molecule has 1 aromatic rings. The molecule has 0 aliphatic carbocycles. The van der Waals surface area contributed by atoms with E-state index in [0.29, 0.717) is 62.8 Å². The smallest absolute Gasteiger partial charge is 0.326 e. The Morgan fingerprint density at radius 2 is 1.11 bits per heavy atom. The van der Waals surface area contributed by atoms with Crippen molar-refractivity contribution < 1.29 is 92.7 Å². The lowest BCUT2D eigenvalue weighted by Crippen LogP contribution is -2.59. The number of aromatic hydroxyl groups is 1. The van der Waals surface area contributed by atoms with Crippen LogP contribution in [0.3, 0.4) is 0 Å². The Hall–Kier alpha value is -7.32. The molecule has 0 bridgehead atoms. The average molecular weight is 1400 g/mol. The van der Waals surface area contributed by atoms with Crippen molar-refractivity contribution in [1.29, 1.82) is 0 Å². The number of nitrogens with one attached hydrogen (secondary N) is 6. The Kier molecular flexibility index (Phi) is 46.9. The molecule has 1 aliphatic heterocycles. The van der Waals surface area contributed by atoms with Gasteiger partial charge in [0.2, 0.25) is 23.6 Å². The maximum atomic E-state index is 13.9. The van der Waals surface area contributed by atoms with Crippen molar-refractivity contribution in [3.05, 3.63) is 29.8 Å². The van der Waals surface area contributed by atoms with Crippen molar-refractivity contribution in [3.8, 4) is 5.75 Å². The van der Waals surface area contributed by atoms with Crippen molar-refractivity contribution in [1.82, 2.24) is 36.8 Å². The van der Waals surface area contributed by atoms with Crippen LogP contribution in [-0.2, 0) is 73.5 Å². The Labute approximate surface area is 585 Å². The fraction of sp³-hybridized carbons (Fsp3) is 0.726. The van der Waals surface area contributed by atoms with Gasteiger partial charge in [-0.3, -0.25) is 67.2 Å². The third-order valence-corrected chi connectivity index (χ3v) is 17.9. The Morgan fingerprint density at radius 3 is 1.65 bits per heavy atom. The first-order chi connectivity index (χ1) is 46.9. The molecule has 26 heteroatoms. The first-order valence-electron chi connectivity index (χ1n) is 36.1. The number of nitrogens with zero attached hydrogens (tertiary/aromatic N) is 1. The van der Waals surface area contributed by atoms with Gasteiger partial charge < -0.3 is 57.4 Å². The van der Waals surface area contributed by atoms with E-state index < -0.39 is 113 Å². The van der Waals surface area contributed by atoms with Crippen LogP contribution in [0.1, 0.15) is 259 Å². The van der Waals surface area contributed by atoms with E-state index in [-0.39, 0.29) is 101 Å². The highest BCUT2D eigenvalue weighted by molar-refractivity contribution is 5.97. The van der Waals surface area contributed by atoms with Crippen LogP contribution < -0.4 is 31.9 Å². The zero-order valence-corrected chi connectivity index (χ0v) is 60.1. The quantitative estimate of drug-likeness (QED) is 0.0274. The highest BCUT2D eigenvalue weighted by Gasteiger charge is 2.35. The number of phenolic OH excluding ortho intramolecular Hbond substituents is 1. The molecule has 0 unspecified atom stereocenters. The van der Waals surface area contributed by atoms with Gasteiger partial charge in [0.25, 0.3) is 0 Å². The van der Waals surface area contributed by atoms with Crippen LogP contribution in [0.15, 0.2) is 24.3 Å². The van der Waals surface area contributed by atoms with Crippen molar-refractivity contribution in [2.45, 2.75) is 296 Å². The van der Waals surface area contributed by atoms with Gasteiger partial charge >= 0.3 is 23.9 Å². The number of amides is 4. The zero-order chi connectivity index (χ0) is 74.3. The number of benzene rings is 1. The van der Waals surface area contributed by atoms with E-state index in [0.717, 1.165) is 38.5 Å². The van der Waals surface area contributed by atoms with E-state index in [1.54, 1.807) is 12.1 Å². The number of ketones is 6. The summed E-state index contributed by atoms with van der Waals surface area (Å²) in [4.78, 5) is 175. The van der Waals surface area contributed by atoms with Gasteiger partial charge in [-0.05, 0) is 116 Å². The number of phenols is 1. The summed E-state index contributed by atoms with van der Waals surface area (Å²) in [6.07, 6.45) is 21.5. The molecule has 0 spiro atoms. The second-order valence-electron chi connectivity index (χ2n) is 27.0. The van der Waals surface area contributed by atoms with Gasteiger partial charge in [0.1, 0.15) is 35.2 Å². The summed E-state index contributed by atoms with van der Waals surface area (Å²) < 4.78 is 0. The fourth-order valence-electron chi connectivity index (χ4n) is 11.5. The van der Waals surface area contributed by atoms with Gasteiger partial charge in [0.05, 0.1) is 55.1 Å². The van der Waals surface area contributed by atoms with Gasteiger partial charge in [-0.25, -0.2) is 4.79 Å². The number of hydrogen-bond donors (Lipinski definition) is 11. The second kappa shape index (κ2) is 51.8. The SMILES string of the molecule is CCC(=O)CCCCCCCCCCCCCCCCC(=O)O.CCCC[C@H](NCC(=O)C(C)(C)NC(=O)[C@H](Cc1ccc(O)cc1)NC(C)=O)C(=O)CN[C@@H](CCCCNC(=O)CC[C@H](CC(=O)CC[C@@H](NC(=O)CC[C@H](C)C(=O)O)C(=O)O)C(=O)O)C(=O)CN1CCC[C@H]1C(C)=O. The Balaban J connectivity index is 0.00000180. The van der Waals surface area contributed by atoms with Crippen molar-refractivity contribution in [2.75, 3.05) is 32.7 Å². The molecule has 1 heterocycles. The van der Waals surface area contributed by atoms with E-state index in [1.165, 1.54) is 117 Å². The molecular formula is C73H119N7O19. The van der Waals surface area contributed by atoms with Crippen LogP contribution in [-0.4, -0.2) is 181 Å². The second-order valence-corrected chi connectivity index (χ2v) is 27.0. The number of carboxylic acids is 4. The molecule has 1 saturated heterocycles. The Bertz CT molecular complexity index is 2700. The van der Waals surface area contributed by atoms with Crippen molar-refractivity contribution in [2.24, 2.45) is 11.8 Å². The summed E-state index contributed by atoms with van der Waals surface area (Å²) in [6.45, 7) is 11.2. The molecule has 4 amide bonds. The number of carboxylic acid groups (broad SMARTS) is 4. The number of carbonyl (C=O) groups is 14. The molecular weight excluding hydrogens is 1280 g/mol. The standard InChI is InChI=1S/C53H81N7O16.C20H38O3/c1-7-8-12-39(56-30-46(67)53(5,6)59-49(70)42(57-34(4)62)27-35-16-19-37(63)20-17-35)44(65)29-55-40(45(66)31-60-26-11-14-43(60)33(3)61)13-9-10-25-54-47(68)24-18-36(51(73)74)28-38(64)21-22-41(52(75)76)58-48(69)23-15-32(2)50(71)72;1-2-19(21)17-15-13-11-9-7-5-3-4-6-8-10-12-14-16-18-20(22)23/h16-17,19-20,32,36,39-43,55-56,63H,7-15,18,21-31H2,1-6H3,(H,54,68)(H,57,62)(H,58,69)(H,59,70)(H,71,72)(H,73,74)(H,75,76);2-18H2,1H3,(H,22,23)/t32-,36+,39-,40-,41+,42-,43-;/m0./s1. The number of Topliss-reactive ketones (excluding diaryl/α,β-unsaturated/α-hetero) is 6. The summed E-state index contributed by atoms with van der Waals surface area (Å²) >= 11 is 0. The first kappa shape index (κ1) is 89.7. The van der Waals surface area contributed by atoms with Crippen LogP contribution in [0.25, 0.3) is 0 Å². The molecule has 560 valence electrons. The molecule has 99 heavy (non-hydrogen) atoms. The van der Waals surface area contributed by atoms with E-state index in [9.17, 15) is 82.4 Å². The van der Waals surface area contributed by atoms with Crippen LogP contribution in [0.2, 0.25) is 0 Å². The lowest BCUT2D eigenvalue weighted by molar-refractivity contribution is -0.145. The number of carbonyl (C=O) groups excluding carboxylic acids is 10. The van der Waals surface area contributed by atoms with Gasteiger partial charge in [0, 0.05) is 64.8 Å². The minimum Gasteiger partial charge on any atom is -0.508 e. The van der Waals surface area contributed by atoms with Crippen LogP contribution in [0, 0.1) is 11.8 Å². The lowest BCUT2D eigenvalue weighted by atomic mass is 9.94. The topological polar surface area (TPSA) is 416 Å². The van der Waals surface area contributed by atoms with Gasteiger partial charge in [-0.2, -0.15) is 0 Å². The molecule has 11 N–H and O–H groups in total. The molecule has 0 aromatic heterocycles. The Morgan fingerprint density at radius 1 is 0.556 bits per heavy atom. The van der Waals surface area contributed by atoms with Crippen LogP contribution >= 0.6 is 0 Å². The van der Waals surface area contributed by atoms with Gasteiger partial charge in [-0.1, -0.05) is 123 Å². The normalized spacial score (nSPS) is 14.8. The molecule has 2 rings (SSSR count). The van der Waals surface area contributed by atoms with E-state index in [1.807, 2.05) is 18.7 Å². The molecule has 1 aliphatic rings. The number of rotatable bonds is 58. The maximum Gasteiger partial charge on any atom is 0.326 e. The molecule has 0 radical (unpaired) electrons. The minimum absolute atomic E-state index is 0.0248. The lowest BCUT2D eigenvalue weighted by Gasteiger charge is -2.29. The van der Waals surface area contributed by atoms with Gasteiger partial charge in [-0.15, -0.1) is 0 Å². The molecule has 26 nitrogen and oxygen atoms in total. The zero-order valence-electron chi connectivity index (χ0n) is 60.1. The van der Waals surface area contributed by atoms with E-state index >= 15 is 0 Å². The van der Waals surface area contributed by atoms with Gasteiger partial charge in [0.15, 0.2) is 17.3 Å². The van der Waals surface area contributed by atoms with Crippen LogP contribution in [0.5, 0.6) is 5.75 Å². The highest BCUT2D eigenvalue weighted by Crippen LogP contribution is 2.21. The average Bonchev–Trinajstić information content (AvgIpc) is 1.77. The van der Waals surface area contributed by atoms with Crippen molar-refractivity contribution in [3.63, 3.8) is 0 Å². The summed E-state index contributed by atoms with van der Waals surface area (Å²) in [5.74, 6) is -10.1. The maximum absolute atomic E-state index is 13.9. The number of hydrogen-bond acceptors (Lipinski definition) is 18. The summed E-state index contributed by atoms with van der Waals surface area (Å²) in [6, 6.07) is 1.62. The van der Waals surface area contributed by atoms with E-state index in [2.05, 4.69) is 31.9 Å². The minimum atomic E-state index is -1.46. The summed E-state index contributed by atoms with van der Waals surface area (Å²) in [7, 11) is 0. The van der Waals surface area contributed by atoms with Crippen LogP contribution in [0.4, 0.5) is 0 Å². The molecule has 1 aromatic carbocycles. The predicted molar refractivity (Wildman–Crippen MR) is 374 cm³/mol. The number of aliphatic carboxylic acids is 4. The first-order valence-corrected chi connectivity index (χ1v) is 36.1. The predicted octanol–water partition coefficient (Wildman–Crippen LogP) is 8.07. The fourth-order valence-corrected chi connectivity index (χ4v) is 11.5. The third-order valence-electron chi connectivity index (χ3n) is 17.9. The largest absolute Gasteiger partial charge is 0.508 e. The summed E-state index contributed by atoms with van der Waals surface area (Å²) in [5, 5.41) is 62.9. The number of unbranched alkanes of at least 4 members (excludes halogenated alkanes) is 15.